The van der Waals surface area contributed by atoms with E-state index in [0.29, 0.717) is 12.0 Å². The average Bonchev–Trinajstić information content (AvgIpc) is 2.16. The van der Waals surface area contributed by atoms with Gasteiger partial charge >= 0.3 is 0 Å². The van der Waals surface area contributed by atoms with Gasteiger partial charge in [0.1, 0.15) is 0 Å². The normalized spacial score (nSPS) is 34.1. The van der Waals surface area contributed by atoms with Gasteiger partial charge in [0.2, 0.25) is 0 Å². The maximum Gasteiger partial charge on any atom is 0.0615 e. The van der Waals surface area contributed by atoms with Crippen molar-refractivity contribution in [2.75, 3.05) is 13.2 Å². The summed E-state index contributed by atoms with van der Waals surface area (Å²) in [5.74, 6) is 1.51. The second-order valence-corrected chi connectivity index (χ2v) is 4.95. The van der Waals surface area contributed by atoms with Gasteiger partial charge in [-0.1, -0.05) is 19.3 Å². The lowest BCUT2D eigenvalue weighted by molar-refractivity contribution is -0.0359. The molecule has 2 fully saturated rings. The Bertz CT molecular complexity index is 168. The van der Waals surface area contributed by atoms with Crippen LogP contribution in [-0.2, 0) is 4.74 Å². The van der Waals surface area contributed by atoms with E-state index in [9.17, 15) is 0 Å². The van der Waals surface area contributed by atoms with Crippen molar-refractivity contribution < 1.29 is 4.74 Å². The molecule has 2 atom stereocenters. The van der Waals surface area contributed by atoms with Crippen LogP contribution in [0.15, 0.2) is 0 Å². The molecule has 2 aliphatic carbocycles. The summed E-state index contributed by atoms with van der Waals surface area (Å²) in [6, 6.07) is 0. The van der Waals surface area contributed by atoms with Gasteiger partial charge in [0.15, 0.2) is 0 Å². The summed E-state index contributed by atoms with van der Waals surface area (Å²) >= 11 is 0. The van der Waals surface area contributed by atoms with E-state index in [4.69, 9.17) is 10.5 Å². The molecule has 2 heteroatoms. The lowest BCUT2D eigenvalue weighted by Gasteiger charge is -2.33. The van der Waals surface area contributed by atoms with Crippen molar-refractivity contribution in [3.63, 3.8) is 0 Å². The topological polar surface area (TPSA) is 35.2 Å². The van der Waals surface area contributed by atoms with Crippen LogP contribution in [-0.4, -0.2) is 19.3 Å². The number of hydrogen-bond acceptors (Lipinski definition) is 2. The molecule has 2 aliphatic rings. The lowest BCUT2D eigenvalue weighted by Crippen LogP contribution is -2.35. The van der Waals surface area contributed by atoms with E-state index in [2.05, 4.69) is 0 Å². The highest BCUT2D eigenvalue weighted by Crippen LogP contribution is 2.30. The molecular formula is C12H23NO. The summed E-state index contributed by atoms with van der Waals surface area (Å²) < 4.78 is 6.01. The van der Waals surface area contributed by atoms with E-state index in [1.54, 1.807) is 0 Å². The second-order valence-electron chi connectivity index (χ2n) is 4.95. The Morgan fingerprint density at radius 1 is 1.00 bits per heavy atom. The molecule has 0 aromatic heterocycles. The van der Waals surface area contributed by atoms with Crippen molar-refractivity contribution >= 4 is 0 Å². The third-order valence-electron chi connectivity index (χ3n) is 3.91. The van der Waals surface area contributed by atoms with Crippen molar-refractivity contribution in [2.24, 2.45) is 17.6 Å². The van der Waals surface area contributed by atoms with Crippen molar-refractivity contribution in [2.45, 2.75) is 51.0 Å². The van der Waals surface area contributed by atoms with Gasteiger partial charge in [-0.15, -0.1) is 0 Å². The molecule has 0 amide bonds. The van der Waals surface area contributed by atoms with Crippen LogP contribution in [0.1, 0.15) is 44.9 Å². The van der Waals surface area contributed by atoms with Crippen LogP contribution >= 0.6 is 0 Å². The van der Waals surface area contributed by atoms with Gasteiger partial charge in [-0.2, -0.15) is 0 Å². The summed E-state index contributed by atoms with van der Waals surface area (Å²) in [6.45, 7) is 1.82. The highest BCUT2D eigenvalue weighted by Gasteiger charge is 2.26. The van der Waals surface area contributed by atoms with Gasteiger partial charge < -0.3 is 10.5 Å². The van der Waals surface area contributed by atoms with Gasteiger partial charge in [0.05, 0.1) is 6.10 Å². The Balaban J connectivity index is 1.70. The van der Waals surface area contributed by atoms with E-state index in [1.165, 1.54) is 44.9 Å². The van der Waals surface area contributed by atoms with Gasteiger partial charge in [-0.3, -0.25) is 0 Å². The third-order valence-corrected chi connectivity index (χ3v) is 3.91. The Kier molecular flexibility index (Phi) is 3.82. The third kappa shape index (κ3) is 2.48. The van der Waals surface area contributed by atoms with Gasteiger partial charge in [0, 0.05) is 6.61 Å². The molecular weight excluding hydrogens is 174 g/mol. The molecule has 0 saturated heterocycles. The molecule has 0 spiro atoms. The monoisotopic (exact) mass is 197 g/mol. The number of hydrogen-bond donors (Lipinski definition) is 1. The first-order valence-corrected chi connectivity index (χ1v) is 6.22. The minimum Gasteiger partial charge on any atom is -0.378 e. The molecule has 0 radical (unpaired) electrons. The Labute approximate surface area is 87.2 Å². The Morgan fingerprint density at radius 2 is 1.79 bits per heavy atom. The molecule has 0 bridgehead atoms. The summed E-state index contributed by atoms with van der Waals surface area (Å²) in [4.78, 5) is 0. The smallest absolute Gasteiger partial charge is 0.0615 e. The first-order chi connectivity index (χ1) is 6.90. The first-order valence-electron chi connectivity index (χ1n) is 6.22. The highest BCUT2D eigenvalue weighted by molar-refractivity contribution is 4.78. The van der Waals surface area contributed by atoms with E-state index in [0.717, 1.165) is 19.1 Å². The molecule has 0 aromatic rings. The number of rotatable bonds is 4. The summed E-state index contributed by atoms with van der Waals surface area (Å²) in [6.07, 6.45) is 9.89. The zero-order valence-corrected chi connectivity index (χ0v) is 9.08. The van der Waals surface area contributed by atoms with Crippen molar-refractivity contribution in [1.82, 2.24) is 0 Å². The van der Waals surface area contributed by atoms with Crippen molar-refractivity contribution in [1.29, 1.82) is 0 Å². The Morgan fingerprint density at radius 3 is 2.43 bits per heavy atom. The van der Waals surface area contributed by atoms with Crippen LogP contribution in [0.4, 0.5) is 0 Å². The SMILES string of the molecule is NCC1CCCCC1OCC1CCC1. The van der Waals surface area contributed by atoms with E-state index >= 15 is 0 Å². The Hall–Kier alpha value is -0.0800. The molecule has 0 aliphatic heterocycles. The van der Waals surface area contributed by atoms with Crippen molar-refractivity contribution in [3.8, 4) is 0 Å². The molecule has 2 saturated carbocycles. The van der Waals surface area contributed by atoms with Crippen LogP contribution in [0.2, 0.25) is 0 Å². The summed E-state index contributed by atoms with van der Waals surface area (Å²) in [7, 11) is 0. The first kappa shape index (κ1) is 10.4. The minimum atomic E-state index is 0.481. The maximum atomic E-state index is 6.01. The highest BCUT2D eigenvalue weighted by atomic mass is 16.5. The average molecular weight is 197 g/mol. The zero-order chi connectivity index (χ0) is 9.80. The lowest BCUT2D eigenvalue weighted by atomic mass is 9.84. The van der Waals surface area contributed by atoms with Crippen LogP contribution in [0, 0.1) is 11.8 Å². The van der Waals surface area contributed by atoms with Crippen LogP contribution < -0.4 is 5.73 Å². The van der Waals surface area contributed by atoms with Gasteiger partial charge in [0.25, 0.3) is 0 Å². The van der Waals surface area contributed by atoms with Crippen LogP contribution in [0.5, 0.6) is 0 Å². The predicted octanol–water partition coefficient (Wildman–Crippen LogP) is 2.32. The molecule has 14 heavy (non-hydrogen) atoms. The van der Waals surface area contributed by atoms with Crippen LogP contribution in [0.3, 0.4) is 0 Å². The van der Waals surface area contributed by atoms with E-state index in [-0.39, 0.29) is 0 Å². The molecule has 2 nitrogen and oxygen atoms in total. The van der Waals surface area contributed by atoms with E-state index in [1.807, 2.05) is 0 Å². The predicted molar refractivity (Wildman–Crippen MR) is 58.1 cm³/mol. The second kappa shape index (κ2) is 5.13. The number of ether oxygens (including phenoxy) is 1. The molecule has 0 aromatic carbocycles. The fourth-order valence-electron chi connectivity index (χ4n) is 2.58. The molecule has 2 unspecified atom stereocenters. The molecule has 0 heterocycles. The standard InChI is InChI=1S/C12H23NO/c13-8-11-6-1-2-7-12(11)14-9-10-4-3-5-10/h10-12H,1-9,13H2. The molecule has 82 valence electrons. The number of nitrogens with two attached hydrogens (primary N) is 1. The quantitative estimate of drug-likeness (QED) is 0.750. The summed E-state index contributed by atoms with van der Waals surface area (Å²) in [5, 5.41) is 0. The van der Waals surface area contributed by atoms with E-state index < -0.39 is 0 Å². The zero-order valence-electron chi connectivity index (χ0n) is 9.08. The molecule has 2 N–H and O–H groups in total. The van der Waals surface area contributed by atoms with Crippen molar-refractivity contribution in [3.05, 3.63) is 0 Å². The van der Waals surface area contributed by atoms with Gasteiger partial charge in [-0.05, 0) is 44.1 Å². The largest absolute Gasteiger partial charge is 0.378 e. The van der Waals surface area contributed by atoms with Gasteiger partial charge in [-0.25, -0.2) is 0 Å². The fraction of sp³-hybridized carbons (Fsp3) is 1.00. The summed E-state index contributed by atoms with van der Waals surface area (Å²) in [5.41, 5.74) is 5.77. The fourth-order valence-corrected chi connectivity index (χ4v) is 2.58. The maximum absolute atomic E-state index is 6.01. The molecule has 2 rings (SSSR count). The minimum absolute atomic E-state index is 0.481. The van der Waals surface area contributed by atoms with Crippen LogP contribution in [0.25, 0.3) is 0 Å².